The third-order valence-corrected chi connectivity index (χ3v) is 6.18. The Bertz CT molecular complexity index is 550. The fourth-order valence-electron chi connectivity index (χ4n) is 3.98. The van der Waals surface area contributed by atoms with Crippen molar-refractivity contribution in [3.05, 3.63) is 17.7 Å². The molecule has 6 heteroatoms. The summed E-state index contributed by atoms with van der Waals surface area (Å²) < 4.78 is 10.9. The summed E-state index contributed by atoms with van der Waals surface area (Å²) in [6.45, 7) is 5.81. The molecule has 0 aromatic heterocycles. The number of ether oxygens (including phenoxy) is 2. The molecule has 0 unspecified atom stereocenters. The van der Waals surface area contributed by atoms with E-state index in [1.807, 2.05) is 0 Å². The van der Waals surface area contributed by atoms with Gasteiger partial charge in [-0.2, -0.15) is 0 Å². The van der Waals surface area contributed by atoms with Gasteiger partial charge in [0.1, 0.15) is 0 Å². The molecule has 2 saturated heterocycles. The van der Waals surface area contributed by atoms with Gasteiger partial charge in [0.05, 0.1) is 14.2 Å². The first-order valence-corrected chi connectivity index (χ1v) is 9.64. The lowest BCUT2D eigenvalue weighted by molar-refractivity contribution is 0.193. The van der Waals surface area contributed by atoms with E-state index in [0.29, 0.717) is 5.41 Å². The first-order valence-electron chi connectivity index (χ1n) is 8.42. The summed E-state index contributed by atoms with van der Waals surface area (Å²) in [4.78, 5) is 3.90. The Hall–Kier alpha value is -0.620. The van der Waals surface area contributed by atoms with E-state index >= 15 is 0 Å². The molecule has 2 aliphatic heterocycles. The minimum Gasteiger partial charge on any atom is -0.493 e. The van der Waals surface area contributed by atoms with Crippen LogP contribution in [0.15, 0.2) is 17.0 Å². The summed E-state index contributed by atoms with van der Waals surface area (Å²) in [5.41, 5.74) is 1.91. The fraction of sp³-hybridized carbons (Fsp3) is 0.667. The average Bonchev–Trinajstić information content (AvgIpc) is 2.97. The molecule has 2 heterocycles. The number of methoxy groups -OCH3 is 2. The van der Waals surface area contributed by atoms with Gasteiger partial charge in [-0.15, -0.1) is 24.2 Å². The minimum atomic E-state index is 0. The van der Waals surface area contributed by atoms with E-state index in [9.17, 15) is 0 Å². The number of piperidine rings is 1. The molecular formula is C18H29ClN2O2S. The summed E-state index contributed by atoms with van der Waals surface area (Å²) in [6.07, 6.45) is 6.12. The standard InChI is InChI=1S/C18H28N2O2S.ClH/c1-21-15-10-14(17(23-3)11-16(15)22-2)12-20-9-6-18(13-20)4-7-19-8-5-18;/h10-11,19H,4-9,12-13H2,1-3H3;1H. The van der Waals surface area contributed by atoms with Gasteiger partial charge in [0.25, 0.3) is 0 Å². The number of rotatable bonds is 5. The maximum atomic E-state index is 5.49. The topological polar surface area (TPSA) is 33.7 Å². The monoisotopic (exact) mass is 372 g/mol. The van der Waals surface area contributed by atoms with E-state index in [-0.39, 0.29) is 12.4 Å². The first kappa shape index (κ1) is 19.7. The summed E-state index contributed by atoms with van der Waals surface area (Å²) in [5.74, 6) is 1.65. The number of halogens is 1. The number of likely N-dealkylation sites (tertiary alicyclic amines) is 1. The summed E-state index contributed by atoms with van der Waals surface area (Å²) in [7, 11) is 3.41. The van der Waals surface area contributed by atoms with Crippen LogP contribution in [-0.4, -0.2) is 51.6 Å². The maximum absolute atomic E-state index is 5.49. The molecule has 0 atom stereocenters. The second-order valence-corrected chi connectivity index (χ2v) is 7.58. The van der Waals surface area contributed by atoms with Gasteiger partial charge in [-0.3, -0.25) is 4.90 Å². The second kappa shape index (κ2) is 8.65. The van der Waals surface area contributed by atoms with Crippen LogP contribution in [0.4, 0.5) is 0 Å². The first-order chi connectivity index (χ1) is 11.2. The highest BCUT2D eigenvalue weighted by atomic mass is 35.5. The number of benzene rings is 1. The molecule has 1 N–H and O–H groups in total. The van der Waals surface area contributed by atoms with Crippen molar-refractivity contribution in [2.24, 2.45) is 5.41 Å². The van der Waals surface area contributed by atoms with Crippen LogP contribution in [0.5, 0.6) is 11.5 Å². The molecule has 24 heavy (non-hydrogen) atoms. The van der Waals surface area contributed by atoms with Crippen LogP contribution in [-0.2, 0) is 6.54 Å². The zero-order chi connectivity index (χ0) is 16.3. The molecule has 4 nitrogen and oxygen atoms in total. The second-order valence-electron chi connectivity index (χ2n) is 6.73. The summed E-state index contributed by atoms with van der Waals surface area (Å²) >= 11 is 1.78. The van der Waals surface area contributed by atoms with Crippen LogP contribution in [0, 0.1) is 5.41 Å². The quantitative estimate of drug-likeness (QED) is 0.801. The van der Waals surface area contributed by atoms with Crippen molar-refractivity contribution in [2.45, 2.75) is 30.7 Å². The molecule has 1 aromatic rings. The Morgan fingerprint density at radius 3 is 2.42 bits per heavy atom. The SMILES string of the molecule is COc1cc(CN2CCC3(CCNCC3)C2)c(SC)cc1OC.Cl. The largest absolute Gasteiger partial charge is 0.493 e. The number of hydrogen-bond donors (Lipinski definition) is 1. The fourth-order valence-corrected chi connectivity index (χ4v) is 4.60. The average molecular weight is 373 g/mol. The number of nitrogens with zero attached hydrogens (tertiary/aromatic N) is 1. The van der Waals surface area contributed by atoms with Crippen molar-refractivity contribution in [3.63, 3.8) is 0 Å². The van der Waals surface area contributed by atoms with Crippen LogP contribution < -0.4 is 14.8 Å². The van der Waals surface area contributed by atoms with Crippen molar-refractivity contribution in [3.8, 4) is 11.5 Å². The zero-order valence-corrected chi connectivity index (χ0v) is 16.5. The predicted molar refractivity (Wildman–Crippen MR) is 103 cm³/mol. The molecule has 1 spiro atoms. The van der Waals surface area contributed by atoms with Crippen molar-refractivity contribution < 1.29 is 9.47 Å². The van der Waals surface area contributed by atoms with Gasteiger partial charge < -0.3 is 14.8 Å². The molecule has 2 fully saturated rings. The molecule has 0 radical (unpaired) electrons. The predicted octanol–water partition coefficient (Wildman–Crippen LogP) is 3.42. The highest BCUT2D eigenvalue weighted by Crippen LogP contribution is 2.40. The van der Waals surface area contributed by atoms with Crippen molar-refractivity contribution in [1.29, 1.82) is 0 Å². The van der Waals surface area contributed by atoms with E-state index in [1.54, 1.807) is 26.0 Å². The minimum absolute atomic E-state index is 0. The van der Waals surface area contributed by atoms with E-state index in [0.717, 1.165) is 18.0 Å². The molecule has 0 bridgehead atoms. The lowest BCUT2D eigenvalue weighted by Crippen LogP contribution is -2.38. The van der Waals surface area contributed by atoms with Gasteiger partial charge in [-0.1, -0.05) is 0 Å². The van der Waals surface area contributed by atoms with Crippen LogP contribution in [0.1, 0.15) is 24.8 Å². The number of thioether (sulfide) groups is 1. The van der Waals surface area contributed by atoms with Gasteiger partial charge in [-0.05, 0) is 68.3 Å². The molecule has 1 aromatic carbocycles. The van der Waals surface area contributed by atoms with Crippen molar-refractivity contribution in [1.82, 2.24) is 10.2 Å². The van der Waals surface area contributed by atoms with Crippen molar-refractivity contribution in [2.75, 3.05) is 46.7 Å². The molecule has 0 amide bonds. The van der Waals surface area contributed by atoms with Gasteiger partial charge in [0.15, 0.2) is 11.5 Å². The zero-order valence-electron chi connectivity index (χ0n) is 14.9. The number of nitrogens with one attached hydrogen (secondary N) is 1. The molecule has 0 aliphatic carbocycles. The lowest BCUT2D eigenvalue weighted by atomic mass is 9.78. The van der Waals surface area contributed by atoms with Gasteiger partial charge in [0.2, 0.25) is 0 Å². The summed E-state index contributed by atoms with van der Waals surface area (Å²) in [5, 5.41) is 3.49. The molecule has 2 aliphatic rings. The maximum Gasteiger partial charge on any atom is 0.161 e. The van der Waals surface area contributed by atoms with E-state index in [4.69, 9.17) is 9.47 Å². The highest BCUT2D eigenvalue weighted by molar-refractivity contribution is 7.98. The van der Waals surface area contributed by atoms with Gasteiger partial charge in [-0.25, -0.2) is 0 Å². The Balaban J connectivity index is 0.00000208. The smallest absolute Gasteiger partial charge is 0.161 e. The van der Waals surface area contributed by atoms with E-state index in [2.05, 4.69) is 28.6 Å². The van der Waals surface area contributed by atoms with Crippen LogP contribution in [0.25, 0.3) is 0 Å². The Labute approximate surface area is 156 Å². The van der Waals surface area contributed by atoms with E-state index in [1.165, 1.54) is 55.9 Å². The van der Waals surface area contributed by atoms with Crippen LogP contribution in [0.3, 0.4) is 0 Å². The molecular weight excluding hydrogens is 344 g/mol. The van der Waals surface area contributed by atoms with Gasteiger partial charge in [0, 0.05) is 18.0 Å². The third kappa shape index (κ3) is 4.13. The Morgan fingerprint density at radius 2 is 1.79 bits per heavy atom. The molecule has 3 rings (SSSR count). The van der Waals surface area contributed by atoms with Crippen molar-refractivity contribution >= 4 is 24.2 Å². The lowest BCUT2D eigenvalue weighted by Gasteiger charge is -2.34. The molecule has 136 valence electrons. The number of hydrogen-bond acceptors (Lipinski definition) is 5. The third-order valence-electron chi connectivity index (χ3n) is 5.36. The highest BCUT2D eigenvalue weighted by Gasteiger charge is 2.38. The normalized spacial score (nSPS) is 20.0. The van der Waals surface area contributed by atoms with E-state index < -0.39 is 0 Å². The molecule has 0 saturated carbocycles. The van der Waals surface area contributed by atoms with Crippen LogP contribution >= 0.6 is 24.2 Å². The Kier molecular flexibility index (Phi) is 7.10. The Morgan fingerprint density at radius 1 is 1.12 bits per heavy atom. The van der Waals surface area contributed by atoms with Crippen LogP contribution in [0.2, 0.25) is 0 Å². The summed E-state index contributed by atoms with van der Waals surface area (Å²) in [6, 6.07) is 4.26. The van der Waals surface area contributed by atoms with Gasteiger partial charge >= 0.3 is 0 Å².